The molecular weight excluding hydrogens is 262 g/mol. The van der Waals surface area contributed by atoms with E-state index in [-0.39, 0.29) is 24.4 Å². The molecule has 0 aromatic heterocycles. The molecule has 2 N–H and O–H groups in total. The van der Waals surface area contributed by atoms with Crippen molar-refractivity contribution in [3.63, 3.8) is 0 Å². The number of nitro benzene ring substituents is 1. The molecule has 0 unspecified atom stereocenters. The van der Waals surface area contributed by atoms with Gasteiger partial charge in [-0.25, -0.2) is 0 Å². The Hall–Kier alpha value is -2.15. The molecule has 1 aromatic carbocycles. The topological polar surface area (TPSA) is 95.7 Å². The molecule has 0 bridgehead atoms. The maximum Gasteiger partial charge on any atom is 0.270 e. The number of non-ortho nitro benzene ring substituents is 1. The van der Waals surface area contributed by atoms with Crippen molar-refractivity contribution in [3.8, 4) is 0 Å². The van der Waals surface area contributed by atoms with E-state index < -0.39 is 10.8 Å². The largest absolute Gasteiger partial charge is 0.395 e. The number of carbonyl (C=O) groups excluding carboxylic acids is 1. The number of amides is 1. The number of nitro groups is 1. The first kappa shape index (κ1) is 14.3. The van der Waals surface area contributed by atoms with Gasteiger partial charge in [0.1, 0.15) is 0 Å². The highest BCUT2D eigenvalue weighted by Crippen LogP contribution is 2.28. The fourth-order valence-corrected chi connectivity index (χ4v) is 2.32. The van der Waals surface area contributed by atoms with Gasteiger partial charge in [-0.3, -0.25) is 14.9 Å². The molecular formula is C13H17N3O4. The minimum absolute atomic E-state index is 0.109. The Bertz CT molecular complexity index is 512. The minimum Gasteiger partial charge on any atom is -0.395 e. The second kappa shape index (κ2) is 6.33. The number of hydrogen-bond donors (Lipinski definition) is 2. The van der Waals surface area contributed by atoms with Crippen molar-refractivity contribution >= 4 is 17.3 Å². The molecule has 7 heteroatoms. The van der Waals surface area contributed by atoms with Crippen molar-refractivity contribution < 1.29 is 14.8 Å². The number of hydrogen-bond acceptors (Lipinski definition) is 5. The van der Waals surface area contributed by atoms with Crippen molar-refractivity contribution in [1.82, 2.24) is 5.32 Å². The average molecular weight is 279 g/mol. The summed E-state index contributed by atoms with van der Waals surface area (Å²) >= 11 is 0. The van der Waals surface area contributed by atoms with Crippen LogP contribution in [0.5, 0.6) is 0 Å². The highest BCUT2D eigenvalue weighted by Gasteiger charge is 2.22. The lowest BCUT2D eigenvalue weighted by molar-refractivity contribution is -0.384. The smallest absolute Gasteiger partial charge is 0.270 e. The summed E-state index contributed by atoms with van der Waals surface area (Å²) in [4.78, 5) is 24.5. The zero-order chi connectivity index (χ0) is 14.5. The molecule has 1 fully saturated rings. The van der Waals surface area contributed by atoms with Crippen LogP contribution in [0.2, 0.25) is 0 Å². The molecule has 1 amide bonds. The van der Waals surface area contributed by atoms with Gasteiger partial charge in [-0.15, -0.1) is 0 Å². The van der Waals surface area contributed by atoms with Gasteiger partial charge in [0.25, 0.3) is 11.6 Å². The van der Waals surface area contributed by atoms with Crippen LogP contribution < -0.4 is 10.2 Å². The Morgan fingerprint density at radius 3 is 2.70 bits per heavy atom. The Balaban J connectivity index is 2.34. The van der Waals surface area contributed by atoms with Crippen molar-refractivity contribution in [2.24, 2.45) is 0 Å². The molecule has 2 rings (SSSR count). The van der Waals surface area contributed by atoms with Gasteiger partial charge in [-0.2, -0.15) is 0 Å². The SMILES string of the molecule is O=C(NCCO)c1cc([N+](=O)[O-])ccc1N1CCCC1. The normalized spacial score (nSPS) is 14.3. The number of aliphatic hydroxyl groups is 1. The summed E-state index contributed by atoms with van der Waals surface area (Å²) in [7, 11) is 0. The Morgan fingerprint density at radius 2 is 2.10 bits per heavy atom. The molecule has 0 saturated carbocycles. The first-order chi connectivity index (χ1) is 9.63. The van der Waals surface area contributed by atoms with E-state index in [4.69, 9.17) is 5.11 Å². The van der Waals surface area contributed by atoms with Crippen molar-refractivity contribution in [3.05, 3.63) is 33.9 Å². The van der Waals surface area contributed by atoms with Crippen LogP contribution in [-0.2, 0) is 0 Å². The molecule has 0 spiro atoms. The van der Waals surface area contributed by atoms with Crippen LogP contribution in [0.4, 0.5) is 11.4 Å². The summed E-state index contributed by atoms with van der Waals surface area (Å²) < 4.78 is 0. The van der Waals surface area contributed by atoms with E-state index in [1.165, 1.54) is 12.1 Å². The average Bonchev–Trinajstić information content (AvgIpc) is 2.98. The summed E-state index contributed by atoms with van der Waals surface area (Å²) in [6.07, 6.45) is 2.10. The standard InChI is InChI=1S/C13H17N3O4/c17-8-5-14-13(18)11-9-10(16(19)20)3-4-12(11)15-6-1-2-7-15/h3-4,9,17H,1-2,5-8H2,(H,14,18). The number of rotatable bonds is 5. The molecule has 1 aliphatic heterocycles. The Kier molecular flexibility index (Phi) is 4.52. The number of anilines is 1. The first-order valence-electron chi connectivity index (χ1n) is 6.56. The molecule has 1 aromatic rings. The predicted octanol–water partition coefficient (Wildman–Crippen LogP) is 0.917. The van der Waals surface area contributed by atoms with E-state index in [1.54, 1.807) is 6.07 Å². The Labute approximate surface area is 116 Å². The van der Waals surface area contributed by atoms with Gasteiger partial charge in [0.15, 0.2) is 0 Å². The van der Waals surface area contributed by atoms with Crippen molar-refractivity contribution in [2.45, 2.75) is 12.8 Å². The number of benzene rings is 1. The quantitative estimate of drug-likeness (QED) is 0.617. The van der Waals surface area contributed by atoms with Crippen LogP contribution in [-0.4, -0.2) is 42.2 Å². The van der Waals surface area contributed by atoms with E-state index in [2.05, 4.69) is 10.2 Å². The van der Waals surface area contributed by atoms with E-state index >= 15 is 0 Å². The molecule has 1 saturated heterocycles. The van der Waals surface area contributed by atoms with Crippen LogP contribution in [0.1, 0.15) is 23.2 Å². The van der Waals surface area contributed by atoms with Gasteiger partial charge < -0.3 is 15.3 Å². The lowest BCUT2D eigenvalue weighted by Crippen LogP contribution is -2.29. The van der Waals surface area contributed by atoms with Crippen LogP contribution >= 0.6 is 0 Å². The lowest BCUT2D eigenvalue weighted by atomic mass is 10.1. The maximum absolute atomic E-state index is 12.1. The van der Waals surface area contributed by atoms with Gasteiger partial charge >= 0.3 is 0 Å². The monoisotopic (exact) mass is 279 g/mol. The second-order valence-corrected chi connectivity index (χ2v) is 4.63. The van der Waals surface area contributed by atoms with Crippen molar-refractivity contribution in [1.29, 1.82) is 0 Å². The third kappa shape index (κ3) is 3.05. The molecule has 0 atom stereocenters. The summed E-state index contributed by atoms with van der Waals surface area (Å²) in [6.45, 7) is 1.65. The van der Waals surface area contributed by atoms with E-state index in [0.29, 0.717) is 5.69 Å². The maximum atomic E-state index is 12.1. The zero-order valence-corrected chi connectivity index (χ0v) is 11.0. The van der Waals surface area contributed by atoms with Gasteiger partial charge in [0, 0.05) is 31.8 Å². The van der Waals surface area contributed by atoms with E-state index in [9.17, 15) is 14.9 Å². The van der Waals surface area contributed by atoms with Gasteiger partial charge in [0.05, 0.1) is 22.8 Å². The Morgan fingerprint density at radius 1 is 1.40 bits per heavy atom. The molecule has 7 nitrogen and oxygen atoms in total. The number of nitrogens with one attached hydrogen (secondary N) is 1. The van der Waals surface area contributed by atoms with Gasteiger partial charge in [0.2, 0.25) is 0 Å². The number of nitrogens with zero attached hydrogens (tertiary/aromatic N) is 2. The molecule has 20 heavy (non-hydrogen) atoms. The summed E-state index contributed by atoms with van der Waals surface area (Å²) in [5.74, 6) is -0.398. The molecule has 1 heterocycles. The van der Waals surface area contributed by atoms with Crippen LogP contribution in [0, 0.1) is 10.1 Å². The zero-order valence-electron chi connectivity index (χ0n) is 11.0. The van der Waals surface area contributed by atoms with Gasteiger partial charge in [-0.1, -0.05) is 0 Å². The first-order valence-corrected chi connectivity index (χ1v) is 6.56. The number of aliphatic hydroxyl groups excluding tert-OH is 1. The van der Waals surface area contributed by atoms with Crippen LogP contribution in [0.25, 0.3) is 0 Å². The van der Waals surface area contributed by atoms with E-state index in [1.807, 2.05) is 0 Å². The minimum atomic E-state index is -0.517. The lowest BCUT2D eigenvalue weighted by Gasteiger charge is -2.20. The molecule has 1 aliphatic rings. The third-order valence-corrected chi connectivity index (χ3v) is 3.28. The predicted molar refractivity (Wildman–Crippen MR) is 74.0 cm³/mol. The van der Waals surface area contributed by atoms with Crippen LogP contribution in [0.3, 0.4) is 0 Å². The molecule has 108 valence electrons. The highest BCUT2D eigenvalue weighted by molar-refractivity contribution is 6.00. The second-order valence-electron chi connectivity index (χ2n) is 4.63. The summed E-state index contributed by atoms with van der Waals surface area (Å²) in [5.41, 5.74) is 0.889. The highest BCUT2D eigenvalue weighted by atomic mass is 16.6. The number of carbonyl (C=O) groups is 1. The van der Waals surface area contributed by atoms with Crippen LogP contribution in [0.15, 0.2) is 18.2 Å². The van der Waals surface area contributed by atoms with Gasteiger partial charge in [-0.05, 0) is 18.9 Å². The summed E-state index contributed by atoms with van der Waals surface area (Å²) in [6, 6.07) is 4.33. The third-order valence-electron chi connectivity index (χ3n) is 3.28. The van der Waals surface area contributed by atoms with E-state index in [0.717, 1.165) is 25.9 Å². The molecule has 0 radical (unpaired) electrons. The molecule has 0 aliphatic carbocycles. The fourth-order valence-electron chi connectivity index (χ4n) is 2.32. The van der Waals surface area contributed by atoms with Crippen molar-refractivity contribution in [2.75, 3.05) is 31.1 Å². The summed E-state index contributed by atoms with van der Waals surface area (Å²) in [5, 5.41) is 22.1. The fraction of sp³-hybridized carbons (Fsp3) is 0.462.